The summed E-state index contributed by atoms with van der Waals surface area (Å²) in [4.78, 5) is 1.35. The normalized spacial score (nSPS) is 13.0. The monoisotopic (exact) mass is 264 g/mol. The van der Waals surface area contributed by atoms with E-state index in [1.807, 2.05) is 17.8 Å². The molecule has 0 saturated carbocycles. The maximum atomic E-state index is 2.41. The van der Waals surface area contributed by atoms with Crippen molar-refractivity contribution < 1.29 is 0 Å². The molecule has 0 nitrogen and oxygen atoms in total. The average molecular weight is 264 g/mol. The van der Waals surface area contributed by atoms with Crippen molar-refractivity contribution in [3.8, 4) is 0 Å². The van der Waals surface area contributed by atoms with Crippen LogP contribution in [0.5, 0.6) is 0 Å². The van der Waals surface area contributed by atoms with Crippen molar-refractivity contribution in [3.63, 3.8) is 0 Å². The van der Waals surface area contributed by atoms with E-state index in [0.29, 0.717) is 3.26 Å². The molecule has 0 aliphatic carbocycles. The molecule has 10 heavy (non-hydrogen) atoms. The van der Waals surface area contributed by atoms with Gasteiger partial charge in [-0.3, -0.25) is 0 Å². The molecule has 0 heterocycles. The zero-order valence-corrected chi connectivity index (χ0v) is 8.72. The van der Waals surface area contributed by atoms with Gasteiger partial charge in [0.1, 0.15) is 0 Å². The standard InChI is InChI=1S/C8H9IS/c1-7(9)10-8-5-3-2-4-6-8/h2-7H,1H3. The molecule has 2 heteroatoms. The Kier molecular flexibility index (Phi) is 3.56. The molecule has 0 aromatic heterocycles. The Morgan fingerprint density at radius 1 is 1.30 bits per heavy atom. The number of hydrogen-bond donors (Lipinski definition) is 0. The van der Waals surface area contributed by atoms with E-state index in [-0.39, 0.29) is 0 Å². The minimum absolute atomic E-state index is 0.653. The molecular formula is C8H9IS. The number of hydrogen-bond acceptors (Lipinski definition) is 1. The van der Waals surface area contributed by atoms with Gasteiger partial charge in [-0.05, 0) is 19.1 Å². The average Bonchev–Trinajstić information content (AvgIpc) is 1.88. The summed E-state index contributed by atoms with van der Waals surface area (Å²) in [5.41, 5.74) is 0. The summed E-state index contributed by atoms with van der Waals surface area (Å²) < 4.78 is 0.653. The smallest absolute Gasteiger partial charge is 0.0583 e. The molecular weight excluding hydrogens is 255 g/mol. The highest BCUT2D eigenvalue weighted by molar-refractivity contribution is 14.1. The second kappa shape index (κ2) is 4.23. The van der Waals surface area contributed by atoms with Crippen LogP contribution in [-0.4, -0.2) is 3.26 Å². The summed E-state index contributed by atoms with van der Waals surface area (Å²) in [5, 5.41) is 0. The molecule has 0 aliphatic rings. The first-order valence-corrected chi connectivity index (χ1v) is 5.27. The Bertz CT molecular complexity index is 184. The summed E-state index contributed by atoms with van der Waals surface area (Å²) in [5.74, 6) is 0. The number of benzene rings is 1. The molecule has 0 radical (unpaired) electrons. The maximum absolute atomic E-state index is 2.41. The molecule has 0 N–H and O–H groups in total. The van der Waals surface area contributed by atoms with Crippen LogP contribution < -0.4 is 0 Å². The molecule has 0 aliphatic heterocycles. The van der Waals surface area contributed by atoms with Gasteiger partial charge in [0.15, 0.2) is 0 Å². The third-order valence-electron chi connectivity index (χ3n) is 1.04. The molecule has 54 valence electrons. The Morgan fingerprint density at radius 3 is 2.40 bits per heavy atom. The molecule has 1 aromatic carbocycles. The summed E-state index contributed by atoms with van der Waals surface area (Å²) >= 11 is 4.29. The van der Waals surface area contributed by atoms with Crippen LogP contribution in [0.4, 0.5) is 0 Å². The SMILES string of the molecule is CC(I)Sc1ccccc1. The van der Waals surface area contributed by atoms with Gasteiger partial charge in [-0.2, -0.15) is 0 Å². The first kappa shape index (κ1) is 8.40. The predicted octanol–water partition coefficient (Wildman–Crippen LogP) is 3.56. The fraction of sp³-hybridized carbons (Fsp3) is 0.250. The zero-order chi connectivity index (χ0) is 7.40. The third kappa shape index (κ3) is 2.92. The van der Waals surface area contributed by atoms with Gasteiger partial charge >= 0.3 is 0 Å². The fourth-order valence-electron chi connectivity index (χ4n) is 0.687. The molecule has 0 amide bonds. The van der Waals surface area contributed by atoms with Gasteiger partial charge in [-0.15, -0.1) is 11.8 Å². The second-order valence-electron chi connectivity index (χ2n) is 1.97. The summed E-state index contributed by atoms with van der Waals surface area (Å²) in [7, 11) is 0. The van der Waals surface area contributed by atoms with Gasteiger partial charge in [0.05, 0.1) is 3.26 Å². The summed E-state index contributed by atoms with van der Waals surface area (Å²) in [6.45, 7) is 2.19. The van der Waals surface area contributed by atoms with Crippen LogP contribution in [0.3, 0.4) is 0 Å². The Labute approximate surface area is 79.5 Å². The minimum Gasteiger partial charge on any atom is -0.112 e. The summed E-state index contributed by atoms with van der Waals surface area (Å²) in [6, 6.07) is 10.5. The number of rotatable bonds is 2. The van der Waals surface area contributed by atoms with E-state index in [0.717, 1.165) is 0 Å². The van der Waals surface area contributed by atoms with E-state index in [4.69, 9.17) is 0 Å². The van der Waals surface area contributed by atoms with Gasteiger partial charge in [0.25, 0.3) is 0 Å². The molecule has 0 fully saturated rings. The molecule has 0 spiro atoms. The molecule has 1 rings (SSSR count). The quantitative estimate of drug-likeness (QED) is 0.447. The van der Waals surface area contributed by atoms with Gasteiger partial charge < -0.3 is 0 Å². The van der Waals surface area contributed by atoms with E-state index in [2.05, 4.69) is 53.8 Å². The van der Waals surface area contributed by atoms with Crippen molar-refractivity contribution in [2.75, 3.05) is 0 Å². The number of thioether (sulfide) groups is 1. The van der Waals surface area contributed by atoms with Crippen LogP contribution in [0.1, 0.15) is 6.92 Å². The summed E-state index contributed by atoms with van der Waals surface area (Å²) in [6.07, 6.45) is 0. The van der Waals surface area contributed by atoms with Crippen molar-refractivity contribution in [1.82, 2.24) is 0 Å². The lowest BCUT2D eigenvalue weighted by Gasteiger charge is -2.00. The van der Waals surface area contributed by atoms with E-state index >= 15 is 0 Å². The molecule has 1 unspecified atom stereocenters. The topological polar surface area (TPSA) is 0 Å². The fourth-order valence-corrected chi connectivity index (χ4v) is 2.26. The Hall–Kier alpha value is 0.300. The minimum atomic E-state index is 0.653. The van der Waals surface area contributed by atoms with Crippen LogP contribution in [0, 0.1) is 0 Å². The zero-order valence-electron chi connectivity index (χ0n) is 5.75. The lowest BCUT2D eigenvalue weighted by Crippen LogP contribution is -1.78. The molecule has 0 saturated heterocycles. The van der Waals surface area contributed by atoms with Crippen LogP contribution in [0.25, 0.3) is 0 Å². The predicted molar refractivity (Wildman–Crippen MR) is 55.8 cm³/mol. The highest BCUT2D eigenvalue weighted by atomic mass is 127. The van der Waals surface area contributed by atoms with E-state index in [1.165, 1.54) is 4.90 Å². The van der Waals surface area contributed by atoms with Crippen LogP contribution in [0.15, 0.2) is 35.2 Å². The lowest BCUT2D eigenvalue weighted by molar-refractivity contribution is 1.41. The van der Waals surface area contributed by atoms with E-state index in [1.54, 1.807) is 0 Å². The highest BCUT2D eigenvalue weighted by Gasteiger charge is 1.96. The van der Waals surface area contributed by atoms with Crippen molar-refractivity contribution in [1.29, 1.82) is 0 Å². The van der Waals surface area contributed by atoms with E-state index in [9.17, 15) is 0 Å². The van der Waals surface area contributed by atoms with Gasteiger partial charge in [0.2, 0.25) is 0 Å². The number of alkyl halides is 1. The van der Waals surface area contributed by atoms with Crippen molar-refractivity contribution in [2.24, 2.45) is 0 Å². The first-order chi connectivity index (χ1) is 4.79. The lowest BCUT2D eigenvalue weighted by atomic mass is 10.4. The van der Waals surface area contributed by atoms with Crippen molar-refractivity contribution in [3.05, 3.63) is 30.3 Å². The van der Waals surface area contributed by atoms with Gasteiger partial charge in [-0.1, -0.05) is 40.8 Å². The first-order valence-electron chi connectivity index (χ1n) is 3.15. The molecule has 1 atom stereocenters. The molecule has 0 bridgehead atoms. The Morgan fingerprint density at radius 2 is 1.90 bits per heavy atom. The molecule has 1 aromatic rings. The van der Waals surface area contributed by atoms with Crippen molar-refractivity contribution >= 4 is 34.4 Å². The van der Waals surface area contributed by atoms with Crippen LogP contribution >= 0.6 is 34.4 Å². The number of halogens is 1. The maximum Gasteiger partial charge on any atom is 0.0583 e. The van der Waals surface area contributed by atoms with Crippen molar-refractivity contribution in [2.45, 2.75) is 15.1 Å². The second-order valence-corrected chi connectivity index (χ2v) is 6.10. The Balaban J connectivity index is 2.59. The van der Waals surface area contributed by atoms with E-state index < -0.39 is 0 Å². The van der Waals surface area contributed by atoms with Crippen LogP contribution in [-0.2, 0) is 0 Å². The largest absolute Gasteiger partial charge is 0.112 e. The van der Waals surface area contributed by atoms with Gasteiger partial charge in [0, 0.05) is 4.90 Å². The third-order valence-corrected chi connectivity index (χ3v) is 2.67. The van der Waals surface area contributed by atoms with Crippen LogP contribution in [0.2, 0.25) is 0 Å². The highest BCUT2D eigenvalue weighted by Crippen LogP contribution is 2.26. The van der Waals surface area contributed by atoms with Gasteiger partial charge in [-0.25, -0.2) is 0 Å².